The summed E-state index contributed by atoms with van der Waals surface area (Å²) in [5.74, 6) is -0.331. The predicted octanol–water partition coefficient (Wildman–Crippen LogP) is 1.92. The molecule has 27 heavy (non-hydrogen) atoms. The molecule has 1 amide bonds. The van der Waals surface area contributed by atoms with Gasteiger partial charge in [-0.15, -0.1) is 0 Å². The largest absolute Gasteiger partial charge is 0.336 e. The van der Waals surface area contributed by atoms with E-state index in [0.29, 0.717) is 32.7 Å². The van der Waals surface area contributed by atoms with E-state index in [0.717, 1.165) is 31.4 Å². The first-order valence-corrected chi connectivity index (χ1v) is 11.0. The molecule has 0 aliphatic carbocycles. The molecular formula is C19H28FN3O3S. The van der Waals surface area contributed by atoms with Crippen molar-refractivity contribution in [2.75, 3.05) is 32.7 Å². The number of benzene rings is 1. The topological polar surface area (TPSA) is 60.9 Å². The maximum absolute atomic E-state index is 13.0. The van der Waals surface area contributed by atoms with Crippen molar-refractivity contribution in [1.29, 1.82) is 0 Å². The van der Waals surface area contributed by atoms with Gasteiger partial charge in [-0.1, -0.05) is 0 Å². The van der Waals surface area contributed by atoms with Gasteiger partial charge in [0.25, 0.3) is 0 Å². The molecule has 0 unspecified atom stereocenters. The van der Waals surface area contributed by atoms with Gasteiger partial charge in [-0.3, -0.25) is 9.69 Å². The number of amides is 1. The van der Waals surface area contributed by atoms with Gasteiger partial charge in [-0.25, -0.2) is 12.8 Å². The summed E-state index contributed by atoms with van der Waals surface area (Å²) in [6.45, 7) is 6.22. The molecule has 6 nitrogen and oxygen atoms in total. The maximum atomic E-state index is 13.0. The molecular weight excluding hydrogens is 369 g/mol. The Labute approximate surface area is 161 Å². The molecule has 0 aromatic heterocycles. The number of hydrogen-bond acceptors (Lipinski definition) is 4. The Hall–Kier alpha value is -1.51. The number of carbonyl (C=O) groups excluding carboxylic acids is 1. The van der Waals surface area contributed by atoms with E-state index in [2.05, 4.69) is 13.8 Å². The third-order valence-corrected chi connectivity index (χ3v) is 7.54. The Morgan fingerprint density at radius 2 is 1.59 bits per heavy atom. The van der Waals surface area contributed by atoms with Crippen LogP contribution in [0.15, 0.2) is 29.2 Å². The highest BCUT2D eigenvalue weighted by Crippen LogP contribution is 2.23. The van der Waals surface area contributed by atoms with Crippen LogP contribution in [0.1, 0.15) is 33.1 Å². The fraction of sp³-hybridized carbons (Fsp3) is 0.632. The number of piperidine rings is 1. The molecule has 2 aliphatic rings. The fourth-order valence-electron chi connectivity index (χ4n) is 4.07. The summed E-state index contributed by atoms with van der Waals surface area (Å²) in [6.07, 6.45) is 3.24. The lowest BCUT2D eigenvalue weighted by atomic mass is 9.97. The number of piperazine rings is 1. The molecule has 0 spiro atoms. The summed E-state index contributed by atoms with van der Waals surface area (Å²) in [5.41, 5.74) is 0. The summed E-state index contributed by atoms with van der Waals surface area (Å²) in [6, 6.07) is 5.42. The standard InChI is InChI=1S/C19H28FN3O3S/c1-15-4-3-5-16(2)23(15)19(24)14-21-10-12-22(13-11-21)27(25,26)18-8-6-17(20)7-9-18/h6-9,15-16H,3-5,10-14H2,1-2H3/t15-,16+. The third kappa shape index (κ3) is 4.50. The zero-order valence-electron chi connectivity index (χ0n) is 16.0. The molecule has 2 heterocycles. The van der Waals surface area contributed by atoms with E-state index in [1.165, 1.54) is 16.4 Å². The van der Waals surface area contributed by atoms with Crippen molar-refractivity contribution in [1.82, 2.24) is 14.1 Å². The lowest BCUT2D eigenvalue weighted by Crippen LogP contribution is -2.54. The van der Waals surface area contributed by atoms with Gasteiger partial charge in [0.05, 0.1) is 11.4 Å². The van der Waals surface area contributed by atoms with Gasteiger partial charge < -0.3 is 4.90 Å². The lowest BCUT2D eigenvalue weighted by molar-refractivity contribution is -0.138. The van der Waals surface area contributed by atoms with Crippen LogP contribution in [0.25, 0.3) is 0 Å². The van der Waals surface area contributed by atoms with Gasteiger partial charge in [0.1, 0.15) is 5.82 Å². The highest BCUT2D eigenvalue weighted by molar-refractivity contribution is 7.89. The van der Waals surface area contributed by atoms with Crippen LogP contribution in [0.3, 0.4) is 0 Å². The Bertz CT molecular complexity index is 751. The van der Waals surface area contributed by atoms with E-state index >= 15 is 0 Å². The van der Waals surface area contributed by atoms with Crippen LogP contribution < -0.4 is 0 Å². The van der Waals surface area contributed by atoms with Crippen molar-refractivity contribution < 1.29 is 17.6 Å². The van der Waals surface area contributed by atoms with Crippen molar-refractivity contribution in [2.45, 2.75) is 50.1 Å². The van der Waals surface area contributed by atoms with Crippen LogP contribution in [0, 0.1) is 5.82 Å². The molecule has 0 bridgehead atoms. The zero-order chi connectivity index (χ0) is 19.6. The number of nitrogens with zero attached hydrogens (tertiary/aromatic N) is 3. The first kappa shape index (κ1) is 20.2. The molecule has 8 heteroatoms. The number of likely N-dealkylation sites (tertiary alicyclic amines) is 1. The molecule has 3 rings (SSSR count). The number of hydrogen-bond donors (Lipinski definition) is 0. The highest BCUT2D eigenvalue weighted by Gasteiger charge is 2.32. The molecule has 2 saturated heterocycles. The molecule has 1 aromatic carbocycles. The smallest absolute Gasteiger partial charge is 0.243 e. The fourth-order valence-corrected chi connectivity index (χ4v) is 5.49. The summed E-state index contributed by atoms with van der Waals surface area (Å²) >= 11 is 0. The Morgan fingerprint density at radius 3 is 2.15 bits per heavy atom. The van der Waals surface area contributed by atoms with E-state index in [9.17, 15) is 17.6 Å². The van der Waals surface area contributed by atoms with E-state index < -0.39 is 15.8 Å². The number of sulfonamides is 1. The van der Waals surface area contributed by atoms with Crippen LogP contribution in [0.4, 0.5) is 4.39 Å². The van der Waals surface area contributed by atoms with Crippen molar-refractivity contribution in [3.8, 4) is 0 Å². The maximum Gasteiger partial charge on any atom is 0.243 e. The second kappa shape index (κ2) is 8.24. The number of rotatable bonds is 4. The average Bonchev–Trinajstić information content (AvgIpc) is 2.62. The molecule has 0 N–H and O–H groups in total. The molecule has 2 atom stereocenters. The van der Waals surface area contributed by atoms with E-state index in [-0.39, 0.29) is 22.9 Å². The second-order valence-corrected chi connectivity index (χ2v) is 9.50. The number of halogens is 1. The van der Waals surface area contributed by atoms with Gasteiger partial charge in [-0.05, 0) is 57.4 Å². The zero-order valence-corrected chi connectivity index (χ0v) is 16.8. The Balaban J connectivity index is 1.57. The molecule has 0 saturated carbocycles. The van der Waals surface area contributed by atoms with E-state index in [4.69, 9.17) is 0 Å². The monoisotopic (exact) mass is 397 g/mol. The van der Waals surface area contributed by atoms with Crippen LogP contribution >= 0.6 is 0 Å². The minimum Gasteiger partial charge on any atom is -0.336 e. The van der Waals surface area contributed by atoms with Crippen LogP contribution in [-0.4, -0.2) is 73.2 Å². The summed E-state index contributed by atoms with van der Waals surface area (Å²) in [5, 5.41) is 0. The van der Waals surface area contributed by atoms with Gasteiger partial charge >= 0.3 is 0 Å². The third-order valence-electron chi connectivity index (χ3n) is 5.62. The normalized spacial score (nSPS) is 25.5. The predicted molar refractivity (Wildman–Crippen MR) is 101 cm³/mol. The Morgan fingerprint density at radius 1 is 1.04 bits per heavy atom. The lowest BCUT2D eigenvalue weighted by Gasteiger charge is -2.41. The molecule has 0 radical (unpaired) electrons. The molecule has 1 aromatic rings. The van der Waals surface area contributed by atoms with Crippen molar-refractivity contribution in [3.63, 3.8) is 0 Å². The minimum absolute atomic E-state index is 0.101. The van der Waals surface area contributed by atoms with E-state index in [1.807, 2.05) is 9.80 Å². The van der Waals surface area contributed by atoms with Gasteiger partial charge in [0.15, 0.2) is 0 Å². The highest BCUT2D eigenvalue weighted by atomic mass is 32.2. The first-order chi connectivity index (χ1) is 12.8. The SMILES string of the molecule is C[C@@H]1CCC[C@H](C)N1C(=O)CN1CCN(S(=O)(=O)c2ccc(F)cc2)CC1. The number of carbonyl (C=O) groups is 1. The summed E-state index contributed by atoms with van der Waals surface area (Å²) in [4.78, 5) is 16.8. The summed E-state index contributed by atoms with van der Waals surface area (Å²) in [7, 11) is -3.62. The van der Waals surface area contributed by atoms with Crippen molar-refractivity contribution >= 4 is 15.9 Å². The van der Waals surface area contributed by atoms with Crippen LogP contribution in [-0.2, 0) is 14.8 Å². The van der Waals surface area contributed by atoms with Crippen LogP contribution in [0.5, 0.6) is 0 Å². The van der Waals surface area contributed by atoms with Crippen LogP contribution in [0.2, 0.25) is 0 Å². The van der Waals surface area contributed by atoms with Crippen molar-refractivity contribution in [2.24, 2.45) is 0 Å². The van der Waals surface area contributed by atoms with Gasteiger partial charge in [-0.2, -0.15) is 4.31 Å². The van der Waals surface area contributed by atoms with E-state index in [1.54, 1.807) is 0 Å². The first-order valence-electron chi connectivity index (χ1n) is 9.58. The van der Waals surface area contributed by atoms with Gasteiger partial charge in [0, 0.05) is 38.3 Å². The minimum atomic E-state index is -3.62. The van der Waals surface area contributed by atoms with Gasteiger partial charge in [0.2, 0.25) is 15.9 Å². The quantitative estimate of drug-likeness (QED) is 0.779. The van der Waals surface area contributed by atoms with Crippen molar-refractivity contribution in [3.05, 3.63) is 30.1 Å². The molecule has 2 aliphatic heterocycles. The molecule has 150 valence electrons. The molecule has 2 fully saturated rings. The second-order valence-electron chi connectivity index (χ2n) is 7.56. The Kier molecular flexibility index (Phi) is 6.18. The summed E-state index contributed by atoms with van der Waals surface area (Å²) < 4.78 is 39.8. The average molecular weight is 398 g/mol.